The fourth-order valence-corrected chi connectivity index (χ4v) is 2.58. The summed E-state index contributed by atoms with van der Waals surface area (Å²) in [5, 5.41) is 3.19. The Morgan fingerprint density at radius 3 is 2.95 bits per heavy atom. The molecule has 0 spiro atoms. The van der Waals surface area contributed by atoms with Crippen LogP contribution in [0.4, 0.5) is 0 Å². The molecule has 1 aliphatic rings. The highest BCUT2D eigenvalue weighted by Gasteiger charge is 2.22. The van der Waals surface area contributed by atoms with E-state index in [0.717, 1.165) is 36.3 Å². The molecule has 1 aromatic carbocycles. The van der Waals surface area contributed by atoms with Gasteiger partial charge in [-0.05, 0) is 31.5 Å². The second-order valence-electron chi connectivity index (χ2n) is 4.87. The molecule has 1 N–H and O–H groups in total. The van der Waals surface area contributed by atoms with Crippen molar-refractivity contribution in [3.8, 4) is 16.9 Å². The highest BCUT2D eigenvalue weighted by Crippen LogP contribution is 2.37. The van der Waals surface area contributed by atoms with Crippen LogP contribution in [0.2, 0.25) is 0 Å². The van der Waals surface area contributed by atoms with Gasteiger partial charge in [-0.15, -0.1) is 12.4 Å². The van der Waals surface area contributed by atoms with Crippen molar-refractivity contribution < 1.29 is 4.74 Å². The van der Waals surface area contributed by atoms with Crippen LogP contribution in [0.3, 0.4) is 0 Å². The summed E-state index contributed by atoms with van der Waals surface area (Å²) in [6.45, 7) is 0.890. The van der Waals surface area contributed by atoms with E-state index in [1.165, 1.54) is 5.56 Å². The van der Waals surface area contributed by atoms with Crippen LogP contribution in [0.15, 0.2) is 42.7 Å². The van der Waals surface area contributed by atoms with Crippen LogP contribution in [-0.4, -0.2) is 24.7 Å². The van der Waals surface area contributed by atoms with E-state index in [1.54, 1.807) is 6.20 Å². The molecule has 2 aromatic rings. The highest BCUT2D eigenvalue weighted by molar-refractivity contribution is 5.85. The molecule has 0 amide bonds. The molecular formula is C16H19ClN2O. The summed E-state index contributed by atoms with van der Waals surface area (Å²) in [6.07, 6.45) is 6.10. The summed E-state index contributed by atoms with van der Waals surface area (Å²) < 4.78 is 6.17. The van der Waals surface area contributed by atoms with Crippen LogP contribution in [-0.2, 0) is 6.42 Å². The molecule has 4 heteroatoms. The molecule has 20 heavy (non-hydrogen) atoms. The molecule has 1 aromatic heterocycles. The van der Waals surface area contributed by atoms with Gasteiger partial charge in [0.15, 0.2) is 0 Å². The Balaban J connectivity index is 0.00000147. The van der Waals surface area contributed by atoms with Gasteiger partial charge in [0.1, 0.15) is 11.9 Å². The average molecular weight is 291 g/mol. The molecule has 0 saturated heterocycles. The zero-order valence-corrected chi connectivity index (χ0v) is 12.3. The van der Waals surface area contributed by atoms with E-state index in [2.05, 4.69) is 34.6 Å². The second-order valence-corrected chi connectivity index (χ2v) is 4.87. The molecule has 2 heterocycles. The number of nitrogens with zero attached hydrogens (tertiary/aromatic N) is 1. The van der Waals surface area contributed by atoms with Crippen LogP contribution in [0.5, 0.6) is 5.75 Å². The Labute approximate surface area is 125 Å². The molecule has 0 fully saturated rings. The summed E-state index contributed by atoms with van der Waals surface area (Å²) in [4.78, 5) is 4.20. The second kappa shape index (κ2) is 6.73. The van der Waals surface area contributed by atoms with Crippen LogP contribution in [0, 0.1) is 0 Å². The maximum Gasteiger partial charge on any atom is 0.130 e. The van der Waals surface area contributed by atoms with Crippen molar-refractivity contribution in [3.63, 3.8) is 0 Å². The normalized spacial score (nSPS) is 16.8. The monoisotopic (exact) mass is 290 g/mol. The van der Waals surface area contributed by atoms with Gasteiger partial charge in [0.2, 0.25) is 0 Å². The Kier molecular flexibility index (Phi) is 4.99. The minimum atomic E-state index is 0. The molecule has 3 rings (SSSR count). The molecule has 0 saturated carbocycles. The fourth-order valence-electron chi connectivity index (χ4n) is 2.58. The number of fused-ring (bicyclic) bond motifs is 1. The summed E-state index contributed by atoms with van der Waals surface area (Å²) in [5.74, 6) is 1.03. The van der Waals surface area contributed by atoms with E-state index >= 15 is 0 Å². The third kappa shape index (κ3) is 2.94. The van der Waals surface area contributed by atoms with E-state index in [0.29, 0.717) is 0 Å². The average Bonchev–Trinajstić information content (AvgIpc) is 2.48. The number of likely N-dealkylation sites (N-methyl/N-ethyl adjacent to an activating group) is 1. The van der Waals surface area contributed by atoms with Crippen molar-refractivity contribution in [1.82, 2.24) is 10.3 Å². The smallest absolute Gasteiger partial charge is 0.130 e. The van der Waals surface area contributed by atoms with Crippen molar-refractivity contribution in [3.05, 3.63) is 48.3 Å². The lowest BCUT2D eigenvalue weighted by Crippen LogP contribution is -2.32. The first-order valence-electron chi connectivity index (χ1n) is 6.72. The first-order valence-corrected chi connectivity index (χ1v) is 6.72. The Morgan fingerprint density at radius 1 is 1.30 bits per heavy atom. The molecule has 0 unspecified atom stereocenters. The number of pyridine rings is 1. The van der Waals surface area contributed by atoms with Crippen LogP contribution in [0.25, 0.3) is 11.1 Å². The van der Waals surface area contributed by atoms with Crippen molar-refractivity contribution >= 4 is 12.4 Å². The molecule has 1 atom stereocenters. The number of hydrogen-bond acceptors (Lipinski definition) is 3. The largest absolute Gasteiger partial charge is 0.488 e. The van der Waals surface area contributed by atoms with E-state index in [4.69, 9.17) is 4.74 Å². The number of para-hydroxylation sites is 1. The SMILES string of the molecule is CNC[C@@H]1CCc2cccc(-c3cccnc3)c2O1.Cl. The zero-order valence-electron chi connectivity index (χ0n) is 11.5. The van der Waals surface area contributed by atoms with Crippen LogP contribution < -0.4 is 10.1 Å². The van der Waals surface area contributed by atoms with Gasteiger partial charge in [0.05, 0.1) is 0 Å². The Bertz CT molecular complexity index is 560. The molecular weight excluding hydrogens is 272 g/mol. The topological polar surface area (TPSA) is 34.2 Å². The molecule has 1 aliphatic heterocycles. The number of hydrogen-bond donors (Lipinski definition) is 1. The van der Waals surface area contributed by atoms with Gasteiger partial charge in [-0.25, -0.2) is 0 Å². The van der Waals surface area contributed by atoms with Crippen molar-refractivity contribution in [2.45, 2.75) is 18.9 Å². The number of aryl methyl sites for hydroxylation is 1. The minimum absolute atomic E-state index is 0. The molecule has 3 nitrogen and oxygen atoms in total. The Hall–Kier alpha value is -1.58. The lowest BCUT2D eigenvalue weighted by Gasteiger charge is -2.27. The van der Waals surface area contributed by atoms with Crippen LogP contribution >= 0.6 is 12.4 Å². The number of halogens is 1. The summed E-state index contributed by atoms with van der Waals surface area (Å²) in [5.41, 5.74) is 3.56. The number of benzene rings is 1. The van der Waals surface area contributed by atoms with Gasteiger partial charge in [-0.2, -0.15) is 0 Å². The predicted molar refractivity (Wildman–Crippen MR) is 83.6 cm³/mol. The van der Waals surface area contributed by atoms with E-state index in [-0.39, 0.29) is 18.5 Å². The Morgan fingerprint density at radius 2 is 2.20 bits per heavy atom. The first kappa shape index (κ1) is 14.8. The highest BCUT2D eigenvalue weighted by atomic mass is 35.5. The lowest BCUT2D eigenvalue weighted by atomic mass is 9.96. The lowest BCUT2D eigenvalue weighted by molar-refractivity contribution is 0.174. The molecule has 0 bridgehead atoms. The number of nitrogens with one attached hydrogen (secondary N) is 1. The number of rotatable bonds is 3. The molecule has 106 valence electrons. The van der Waals surface area contributed by atoms with Gasteiger partial charge >= 0.3 is 0 Å². The summed E-state index contributed by atoms with van der Waals surface area (Å²) in [6, 6.07) is 10.4. The van der Waals surface area contributed by atoms with E-state index in [9.17, 15) is 0 Å². The van der Waals surface area contributed by atoms with E-state index < -0.39 is 0 Å². The minimum Gasteiger partial charge on any atom is -0.488 e. The molecule has 0 aliphatic carbocycles. The maximum atomic E-state index is 6.17. The fraction of sp³-hybridized carbons (Fsp3) is 0.312. The summed E-state index contributed by atoms with van der Waals surface area (Å²) >= 11 is 0. The van der Waals surface area contributed by atoms with Gasteiger partial charge in [-0.1, -0.05) is 24.3 Å². The van der Waals surface area contributed by atoms with Crippen molar-refractivity contribution in [2.75, 3.05) is 13.6 Å². The van der Waals surface area contributed by atoms with E-state index in [1.807, 2.05) is 19.3 Å². The third-order valence-electron chi connectivity index (χ3n) is 3.52. The quantitative estimate of drug-likeness (QED) is 0.943. The standard InChI is InChI=1S/C16H18N2O.ClH/c1-17-11-14-8-7-12-4-2-6-15(16(12)19-14)13-5-3-9-18-10-13;/h2-6,9-10,14,17H,7-8,11H2,1H3;1H/t14-;/m0./s1. The number of ether oxygens (including phenoxy) is 1. The van der Waals surface area contributed by atoms with Gasteiger partial charge in [0, 0.05) is 30.1 Å². The van der Waals surface area contributed by atoms with Gasteiger partial charge in [-0.3, -0.25) is 4.98 Å². The predicted octanol–water partition coefficient (Wildman–Crippen LogP) is 3.08. The van der Waals surface area contributed by atoms with Crippen molar-refractivity contribution in [2.24, 2.45) is 0 Å². The zero-order chi connectivity index (χ0) is 13.1. The first-order chi connectivity index (χ1) is 9.38. The van der Waals surface area contributed by atoms with Gasteiger partial charge < -0.3 is 10.1 Å². The van der Waals surface area contributed by atoms with Crippen LogP contribution in [0.1, 0.15) is 12.0 Å². The molecule has 0 radical (unpaired) electrons. The van der Waals surface area contributed by atoms with Gasteiger partial charge in [0.25, 0.3) is 0 Å². The number of aromatic nitrogens is 1. The van der Waals surface area contributed by atoms with Crippen molar-refractivity contribution in [1.29, 1.82) is 0 Å². The maximum absolute atomic E-state index is 6.17. The third-order valence-corrected chi connectivity index (χ3v) is 3.52. The summed E-state index contributed by atoms with van der Waals surface area (Å²) in [7, 11) is 1.96.